The number of carbonyl (C=O) groups is 1. The largest absolute Gasteiger partial charge is 0.496 e. The van der Waals surface area contributed by atoms with Crippen LogP contribution < -0.4 is 4.74 Å². The van der Waals surface area contributed by atoms with Crippen LogP contribution in [0.15, 0.2) is 22.7 Å². The molecule has 0 heterocycles. The third-order valence-corrected chi connectivity index (χ3v) is 2.87. The Balaban J connectivity index is 3.09. The molecular weight excluding hydrogens is 244 g/mol. The maximum Gasteiger partial charge on any atom is 0.123 e. The first-order valence-corrected chi connectivity index (χ1v) is 5.26. The third-order valence-electron chi connectivity index (χ3n) is 2.18. The van der Waals surface area contributed by atoms with Crippen molar-refractivity contribution in [1.29, 1.82) is 0 Å². The highest BCUT2D eigenvalue weighted by atomic mass is 79.9. The Labute approximate surface area is 92.4 Å². The molecule has 0 bridgehead atoms. The molecule has 0 N–H and O–H groups in total. The summed E-state index contributed by atoms with van der Waals surface area (Å²) in [6.45, 7) is 2.01. The topological polar surface area (TPSA) is 26.3 Å². The van der Waals surface area contributed by atoms with Crippen molar-refractivity contribution in [3.8, 4) is 5.75 Å². The second-order valence-electron chi connectivity index (χ2n) is 3.16. The standard InChI is InChI=1S/C11H13BrO2/c1-8(6-7-13)11-9(12)4-3-5-10(11)14-2/h3-5,7-8H,6H2,1-2H3. The SMILES string of the molecule is COc1cccc(Br)c1C(C)CC=O. The summed E-state index contributed by atoms with van der Waals surface area (Å²) in [5, 5.41) is 0. The summed E-state index contributed by atoms with van der Waals surface area (Å²) in [6, 6.07) is 5.78. The van der Waals surface area contributed by atoms with Crippen molar-refractivity contribution in [2.75, 3.05) is 7.11 Å². The fraction of sp³-hybridized carbons (Fsp3) is 0.364. The van der Waals surface area contributed by atoms with Crippen molar-refractivity contribution >= 4 is 22.2 Å². The van der Waals surface area contributed by atoms with Crippen LogP contribution in [0.2, 0.25) is 0 Å². The van der Waals surface area contributed by atoms with E-state index in [0.717, 1.165) is 22.1 Å². The number of methoxy groups -OCH3 is 1. The summed E-state index contributed by atoms with van der Waals surface area (Å²) in [5.74, 6) is 1.01. The average molecular weight is 257 g/mol. The number of hydrogen-bond acceptors (Lipinski definition) is 2. The van der Waals surface area contributed by atoms with Gasteiger partial charge in [-0.05, 0) is 18.1 Å². The maximum atomic E-state index is 10.4. The molecule has 0 aromatic heterocycles. The monoisotopic (exact) mass is 256 g/mol. The highest BCUT2D eigenvalue weighted by molar-refractivity contribution is 9.10. The smallest absolute Gasteiger partial charge is 0.123 e. The Bertz CT molecular complexity index is 323. The van der Waals surface area contributed by atoms with Crippen molar-refractivity contribution < 1.29 is 9.53 Å². The average Bonchev–Trinajstić information content (AvgIpc) is 2.17. The molecule has 0 aliphatic rings. The minimum Gasteiger partial charge on any atom is -0.496 e. The second kappa shape index (κ2) is 5.15. The number of rotatable bonds is 4. The molecule has 76 valence electrons. The van der Waals surface area contributed by atoms with Gasteiger partial charge in [-0.15, -0.1) is 0 Å². The molecule has 3 heteroatoms. The summed E-state index contributed by atoms with van der Waals surface area (Å²) < 4.78 is 6.24. The van der Waals surface area contributed by atoms with Crippen LogP contribution in [-0.4, -0.2) is 13.4 Å². The molecule has 1 unspecified atom stereocenters. The van der Waals surface area contributed by atoms with Gasteiger partial charge in [0.25, 0.3) is 0 Å². The van der Waals surface area contributed by atoms with Crippen LogP contribution in [0.4, 0.5) is 0 Å². The number of benzene rings is 1. The van der Waals surface area contributed by atoms with E-state index in [4.69, 9.17) is 4.74 Å². The Morgan fingerprint density at radius 3 is 2.86 bits per heavy atom. The van der Waals surface area contributed by atoms with Crippen molar-refractivity contribution in [3.63, 3.8) is 0 Å². The summed E-state index contributed by atoms with van der Waals surface area (Å²) in [6.07, 6.45) is 1.45. The molecule has 0 spiro atoms. The van der Waals surface area contributed by atoms with Gasteiger partial charge in [0.15, 0.2) is 0 Å². The Morgan fingerprint density at radius 1 is 1.57 bits per heavy atom. The van der Waals surface area contributed by atoms with Crippen LogP contribution in [0.25, 0.3) is 0 Å². The van der Waals surface area contributed by atoms with Gasteiger partial charge >= 0.3 is 0 Å². The number of carbonyl (C=O) groups excluding carboxylic acids is 1. The summed E-state index contributed by atoms with van der Waals surface area (Å²) in [4.78, 5) is 10.4. The molecule has 0 aliphatic carbocycles. The molecule has 1 rings (SSSR count). The van der Waals surface area contributed by atoms with Gasteiger partial charge in [-0.25, -0.2) is 0 Å². The molecule has 0 saturated heterocycles. The van der Waals surface area contributed by atoms with Gasteiger partial charge in [0, 0.05) is 16.5 Å². The Hall–Kier alpha value is -0.830. The minimum atomic E-state index is 0.179. The molecule has 0 saturated carbocycles. The highest BCUT2D eigenvalue weighted by Crippen LogP contribution is 2.34. The van der Waals surface area contributed by atoms with E-state index >= 15 is 0 Å². The van der Waals surface area contributed by atoms with Crippen LogP contribution in [0, 0.1) is 0 Å². The molecule has 1 atom stereocenters. The molecule has 0 aliphatic heterocycles. The number of ether oxygens (including phenoxy) is 1. The fourth-order valence-electron chi connectivity index (χ4n) is 1.44. The second-order valence-corrected chi connectivity index (χ2v) is 4.01. The van der Waals surface area contributed by atoms with Crippen LogP contribution in [0.3, 0.4) is 0 Å². The molecule has 0 radical (unpaired) electrons. The lowest BCUT2D eigenvalue weighted by Crippen LogP contribution is -1.99. The fourth-order valence-corrected chi connectivity index (χ4v) is 2.17. The molecule has 2 nitrogen and oxygen atoms in total. The summed E-state index contributed by atoms with van der Waals surface area (Å²) in [7, 11) is 1.64. The van der Waals surface area contributed by atoms with E-state index in [1.54, 1.807) is 7.11 Å². The first-order chi connectivity index (χ1) is 6.70. The summed E-state index contributed by atoms with van der Waals surface area (Å²) >= 11 is 3.46. The van der Waals surface area contributed by atoms with Crippen molar-refractivity contribution in [2.45, 2.75) is 19.3 Å². The quantitative estimate of drug-likeness (QED) is 0.774. The molecule has 14 heavy (non-hydrogen) atoms. The van der Waals surface area contributed by atoms with E-state index in [-0.39, 0.29) is 5.92 Å². The van der Waals surface area contributed by atoms with Gasteiger partial charge in [0.05, 0.1) is 7.11 Å². The van der Waals surface area contributed by atoms with E-state index in [1.165, 1.54) is 0 Å². The Morgan fingerprint density at radius 2 is 2.29 bits per heavy atom. The molecule has 1 aromatic carbocycles. The predicted octanol–water partition coefficient (Wildman–Crippen LogP) is 3.15. The maximum absolute atomic E-state index is 10.4. The first-order valence-electron chi connectivity index (χ1n) is 4.46. The number of hydrogen-bond donors (Lipinski definition) is 0. The predicted molar refractivity (Wildman–Crippen MR) is 59.8 cm³/mol. The van der Waals surface area contributed by atoms with Crippen molar-refractivity contribution in [2.24, 2.45) is 0 Å². The van der Waals surface area contributed by atoms with Crippen molar-refractivity contribution in [1.82, 2.24) is 0 Å². The number of halogens is 1. The highest BCUT2D eigenvalue weighted by Gasteiger charge is 2.13. The van der Waals surface area contributed by atoms with Crippen LogP contribution >= 0.6 is 15.9 Å². The van der Waals surface area contributed by atoms with Gasteiger partial charge in [0.1, 0.15) is 12.0 Å². The van der Waals surface area contributed by atoms with Crippen LogP contribution in [0.5, 0.6) is 5.75 Å². The van der Waals surface area contributed by atoms with Gasteiger partial charge in [0.2, 0.25) is 0 Å². The lowest BCUT2D eigenvalue weighted by Gasteiger charge is -2.15. The van der Waals surface area contributed by atoms with E-state index in [1.807, 2.05) is 25.1 Å². The van der Waals surface area contributed by atoms with Gasteiger partial charge < -0.3 is 9.53 Å². The van der Waals surface area contributed by atoms with E-state index in [9.17, 15) is 4.79 Å². The minimum absolute atomic E-state index is 0.179. The van der Waals surface area contributed by atoms with Gasteiger partial charge in [-0.3, -0.25) is 0 Å². The first kappa shape index (κ1) is 11.2. The Kier molecular flexibility index (Phi) is 4.14. The lowest BCUT2D eigenvalue weighted by molar-refractivity contribution is -0.108. The third kappa shape index (κ3) is 2.35. The lowest BCUT2D eigenvalue weighted by atomic mass is 9.97. The molecule has 0 amide bonds. The van der Waals surface area contributed by atoms with Gasteiger partial charge in [-0.1, -0.05) is 28.9 Å². The van der Waals surface area contributed by atoms with Crippen molar-refractivity contribution in [3.05, 3.63) is 28.2 Å². The molecule has 0 fully saturated rings. The zero-order valence-corrected chi connectivity index (χ0v) is 9.87. The zero-order valence-electron chi connectivity index (χ0n) is 8.29. The van der Waals surface area contributed by atoms with Crippen LogP contribution in [-0.2, 0) is 4.79 Å². The normalized spacial score (nSPS) is 12.2. The molecular formula is C11H13BrO2. The summed E-state index contributed by atoms with van der Waals surface area (Å²) in [5.41, 5.74) is 1.06. The number of aldehydes is 1. The van der Waals surface area contributed by atoms with E-state index in [2.05, 4.69) is 15.9 Å². The molecule has 1 aromatic rings. The zero-order chi connectivity index (χ0) is 10.6. The van der Waals surface area contributed by atoms with E-state index in [0.29, 0.717) is 6.42 Å². The van der Waals surface area contributed by atoms with Gasteiger partial charge in [-0.2, -0.15) is 0 Å². The van der Waals surface area contributed by atoms with Crippen LogP contribution in [0.1, 0.15) is 24.8 Å². The van der Waals surface area contributed by atoms with E-state index < -0.39 is 0 Å².